The van der Waals surface area contributed by atoms with Crippen molar-refractivity contribution in [1.29, 1.82) is 0 Å². The van der Waals surface area contributed by atoms with Crippen LogP contribution in [0.4, 0.5) is 0 Å². The Bertz CT molecular complexity index is 212. The molecule has 0 unspecified atom stereocenters. The predicted molar refractivity (Wildman–Crippen MR) is 94.3 cm³/mol. The molecule has 0 N–H and O–H groups in total. The topological polar surface area (TPSA) is 0 Å². The maximum absolute atomic E-state index is 2.40. The van der Waals surface area contributed by atoms with Crippen molar-refractivity contribution in [3.05, 3.63) is 24.3 Å². The summed E-state index contributed by atoms with van der Waals surface area (Å²) >= 11 is 0. The van der Waals surface area contributed by atoms with E-state index in [4.69, 9.17) is 0 Å². The van der Waals surface area contributed by atoms with Crippen molar-refractivity contribution in [3.63, 3.8) is 0 Å². The summed E-state index contributed by atoms with van der Waals surface area (Å²) in [6, 6.07) is 0. The van der Waals surface area contributed by atoms with Gasteiger partial charge in [-0.2, -0.15) is 0 Å². The highest BCUT2D eigenvalue weighted by Crippen LogP contribution is 2.08. The average molecular weight is 279 g/mol. The number of rotatable bonds is 15. The summed E-state index contributed by atoms with van der Waals surface area (Å²) in [5.74, 6) is 0. The van der Waals surface area contributed by atoms with E-state index in [-0.39, 0.29) is 0 Å². The molecular weight excluding hydrogens is 240 g/mol. The third kappa shape index (κ3) is 17.5. The standard InChI is InChI=1S/C20H38/c1-3-5-7-9-11-13-15-17-19-20-18-16-14-12-10-8-6-4-2/h9,11,14,16H,3-8,10,12-13,15,17-20H2,1-2H3. The van der Waals surface area contributed by atoms with Crippen molar-refractivity contribution in [2.45, 2.75) is 104 Å². The zero-order valence-corrected chi connectivity index (χ0v) is 14.2. The summed E-state index contributed by atoms with van der Waals surface area (Å²) in [6.07, 6.45) is 28.5. The fourth-order valence-corrected chi connectivity index (χ4v) is 2.36. The Hall–Kier alpha value is -0.520. The van der Waals surface area contributed by atoms with E-state index >= 15 is 0 Å². The van der Waals surface area contributed by atoms with Crippen LogP contribution in [-0.2, 0) is 0 Å². The van der Waals surface area contributed by atoms with Crippen molar-refractivity contribution < 1.29 is 0 Å². The van der Waals surface area contributed by atoms with E-state index in [2.05, 4.69) is 38.2 Å². The van der Waals surface area contributed by atoms with Crippen molar-refractivity contribution in [2.75, 3.05) is 0 Å². The summed E-state index contributed by atoms with van der Waals surface area (Å²) in [4.78, 5) is 0. The summed E-state index contributed by atoms with van der Waals surface area (Å²) in [5.41, 5.74) is 0. The van der Waals surface area contributed by atoms with Crippen LogP contribution in [0.25, 0.3) is 0 Å². The van der Waals surface area contributed by atoms with Gasteiger partial charge in [0.25, 0.3) is 0 Å². The van der Waals surface area contributed by atoms with E-state index in [0.717, 1.165) is 0 Å². The molecule has 0 aliphatic carbocycles. The van der Waals surface area contributed by atoms with Crippen molar-refractivity contribution in [1.82, 2.24) is 0 Å². The number of unbranched alkanes of at least 4 members (excludes halogenated alkanes) is 11. The fourth-order valence-electron chi connectivity index (χ4n) is 2.36. The van der Waals surface area contributed by atoms with Gasteiger partial charge in [-0.25, -0.2) is 0 Å². The molecule has 0 nitrogen and oxygen atoms in total. The molecule has 0 aliphatic heterocycles. The molecule has 0 heterocycles. The smallest absolute Gasteiger partial charge is 0.0351 e. The van der Waals surface area contributed by atoms with Gasteiger partial charge in [0.05, 0.1) is 0 Å². The molecule has 0 aromatic heterocycles. The van der Waals surface area contributed by atoms with Gasteiger partial charge < -0.3 is 0 Å². The Kier molecular flexibility index (Phi) is 18.0. The van der Waals surface area contributed by atoms with Crippen LogP contribution in [0.5, 0.6) is 0 Å². The fraction of sp³-hybridized carbons (Fsp3) is 0.800. The molecule has 0 rings (SSSR count). The molecule has 20 heavy (non-hydrogen) atoms. The van der Waals surface area contributed by atoms with Crippen molar-refractivity contribution >= 4 is 0 Å². The summed E-state index contributed by atoms with van der Waals surface area (Å²) < 4.78 is 0. The lowest BCUT2D eigenvalue weighted by molar-refractivity contribution is 0.649. The van der Waals surface area contributed by atoms with Gasteiger partial charge in [0.15, 0.2) is 0 Å². The van der Waals surface area contributed by atoms with Crippen LogP contribution in [0.2, 0.25) is 0 Å². The Balaban J connectivity index is 3.08. The second kappa shape index (κ2) is 18.5. The van der Waals surface area contributed by atoms with E-state index < -0.39 is 0 Å². The molecule has 0 spiro atoms. The quantitative estimate of drug-likeness (QED) is 0.214. The van der Waals surface area contributed by atoms with Crippen LogP contribution in [0.15, 0.2) is 24.3 Å². The first-order chi connectivity index (χ1) is 9.91. The zero-order chi connectivity index (χ0) is 14.7. The van der Waals surface area contributed by atoms with Crippen molar-refractivity contribution in [2.24, 2.45) is 0 Å². The molecule has 0 saturated carbocycles. The van der Waals surface area contributed by atoms with Gasteiger partial charge in [-0.3, -0.25) is 0 Å². The molecule has 0 aromatic rings. The Morgan fingerprint density at radius 3 is 1.15 bits per heavy atom. The van der Waals surface area contributed by atoms with E-state index in [0.29, 0.717) is 0 Å². The van der Waals surface area contributed by atoms with Crippen molar-refractivity contribution in [3.8, 4) is 0 Å². The highest BCUT2D eigenvalue weighted by molar-refractivity contribution is 4.82. The van der Waals surface area contributed by atoms with E-state index in [1.807, 2.05) is 0 Å². The molecule has 0 bridgehead atoms. The van der Waals surface area contributed by atoms with Gasteiger partial charge in [-0.05, 0) is 44.9 Å². The third-order valence-corrected chi connectivity index (χ3v) is 3.77. The SMILES string of the molecule is CCCCC=CCCCCCCC=CCCCCCC. The van der Waals surface area contributed by atoms with Crippen LogP contribution >= 0.6 is 0 Å². The summed E-state index contributed by atoms with van der Waals surface area (Å²) in [6.45, 7) is 4.53. The van der Waals surface area contributed by atoms with Gasteiger partial charge in [0, 0.05) is 0 Å². The monoisotopic (exact) mass is 278 g/mol. The summed E-state index contributed by atoms with van der Waals surface area (Å²) in [7, 11) is 0. The van der Waals surface area contributed by atoms with E-state index in [1.165, 1.54) is 89.9 Å². The van der Waals surface area contributed by atoms with E-state index in [1.54, 1.807) is 0 Å². The minimum absolute atomic E-state index is 1.28. The highest BCUT2D eigenvalue weighted by Gasteiger charge is 1.88. The Morgan fingerprint density at radius 1 is 0.400 bits per heavy atom. The van der Waals surface area contributed by atoms with E-state index in [9.17, 15) is 0 Å². The molecular formula is C20H38. The molecule has 0 aromatic carbocycles. The first kappa shape index (κ1) is 19.5. The van der Waals surface area contributed by atoms with Crippen LogP contribution in [0, 0.1) is 0 Å². The third-order valence-electron chi connectivity index (χ3n) is 3.77. The molecule has 0 fully saturated rings. The molecule has 0 amide bonds. The first-order valence-corrected chi connectivity index (χ1v) is 9.21. The number of allylic oxidation sites excluding steroid dienone is 4. The summed E-state index contributed by atoms with van der Waals surface area (Å²) in [5, 5.41) is 0. The first-order valence-electron chi connectivity index (χ1n) is 9.21. The minimum Gasteiger partial charge on any atom is -0.0885 e. The normalized spacial score (nSPS) is 11.9. The van der Waals surface area contributed by atoms with Crippen LogP contribution in [0.3, 0.4) is 0 Å². The van der Waals surface area contributed by atoms with Gasteiger partial charge in [-0.1, -0.05) is 83.1 Å². The largest absolute Gasteiger partial charge is 0.0885 e. The lowest BCUT2D eigenvalue weighted by atomic mass is 10.1. The highest BCUT2D eigenvalue weighted by atomic mass is 13.9. The lowest BCUT2D eigenvalue weighted by Crippen LogP contribution is -1.78. The van der Waals surface area contributed by atoms with Gasteiger partial charge in [-0.15, -0.1) is 0 Å². The van der Waals surface area contributed by atoms with Gasteiger partial charge in [0.2, 0.25) is 0 Å². The van der Waals surface area contributed by atoms with Crippen LogP contribution in [-0.4, -0.2) is 0 Å². The number of hydrogen-bond acceptors (Lipinski definition) is 0. The lowest BCUT2D eigenvalue weighted by Gasteiger charge is -1.97. The molecule has 0 radical (unpaired) electrons. The maximum atomic E-state index is 2.40. The van der Waals surface area contributed by atoms with Crippen LogP contribution < -0.4 is 0 Å². The molecule has 118 valence electrons. The second-order valence-corrected chi connectivity index (χ2v) is 5.93. The van der Waals surface area contributed by atoms with Gasteiger partial charge in [0.1, 0.15) is 0 Å². The molecule has 0 heteroatoms. The average Bonchev–Trinajstić information content (AvgIpc) is 2.47. The second-order valence-electron chi connectivity index (χ2n) is 5.93. The predicted octanol–water partition coefficient (Wildman–Crippen LogP) is 7.60. The molecule has 0 saturated heterocycles. The van der Waals surface area contributed by atoms with Gasteiger partial charge >= 0.3 is 0 Å². The van der Waals surface area contributed by atoms with Crippen LogP contribution in [0.1, 0.15) is 104 Å². The zero-order valence-electron chi connectivity index (χ0n) is 14.2. The maximum Gasteiger partial charge on any atom is -0.0351 e. The molecule has 0 atom stereocenters. The minimum atomic E-state index is 1.28. The molecule has 0 aliphatic rings. The Morgan fingerprint density at radius 2 is 0.750 bits per heavy atom. The Labute approximate surface area is 128 Å². The number of hydrogen-bond donors (Lipinski definition) is 0.